The van der Waals surface area contributed by atoms with Crippen molar-refractivity contribution in [3.05, 3.63) is 24.3 Å². The van der Waals surface area contributed by atoms with Gasteiger partial charge in [-0.3, -0.25) is 20.4 Å². The number of benzene rings is 1. The van der Waals surface area contributed by atoms with Crippen molar-refractivity contribution >= 4 is 17.9 Å². The van der Waals surface area contributed by atoms with Crippen molar-refractivity contribution in [3.8, 4) is 11.5 Å². The van der Waals surface area contributed by atoms with Crippen molar-refractivity contribution in [2.45, 2.75) is 46.1 Å². The van der Waals surface area contributed by atoms with Crippen LogP contribution in [0.5, 0.6) is 11.5 Å². The van der Waals surface area contributed by atoms with Crippen LogP contribution in [0.15, 0.2) is 24.3 Å². The number of nitrogens with one attached hydrogen (secondary N) is 2. The molecule has 1 saturated heterocycles. The highest BCUT2D eigenvalue weighted by Gasteiger charge is 2.30. The molecule has 1 aromatic rings. The highest BCUT2D eigenvalue weighted by atomic mass is 16.6. The molecule has 0 saturated carbocycles. The maximum Gasteiger partial charge on any atom is 0.410 e. The van der Waals surface area contributed by atoms with Crippen LogP contribution in [0.25, 0.3) is 0 Å². The molecular weight excluding hydrogens is 390 g/mol. The third kappa shape index (κ3) is 7.46. The van der Waals surface area contributed by atoms with E-state index in [0.717, 1.165) is 0 Å². The molecule has 0 bridgehead atoms. The summed E-state index contributed by atoms with van der Waals surface area (Å²) in [5, 5.41) is 0. The first-order valence-corrected chi connectivity index (χ1v) is 10.1. The van der Waals surface area contributed by atoms with Crippen molar-refractivity contribution in [1.82, 2.24) is 15.8 Å². The van der Waals surface area contributed by atoms with Gasteiger partial charge in [0.05, 0.1) is 6.61 Å². The summed E-state index contributed by atoms with van der Waals surface area (Å²) in [4.78, 5) is 38.0. The Morgan fingerprint density at radius 1 is 1.03 bits per heavy atom. The minimum atomic E-state index is -0.555. The zero-order chi connectivity index (χ0) is 22.1. The zero-order valence-corrected chi connectivity index (χ0v) is 18.0. The second-order valence-corrected chi connectivity index (χ2v) is 7.95. The number of hydrogen-bond donors (Lipinski definition) is 2. The molecule has 0 unspecified atom stereocenters. The molecule has 2 N–H and O–H groups in total. The third-order valence-electron chi connectivity index (χ3n) is 4.35. The van der Waals surface area contributed by atoms with E-state index in [2.05, 4.69) is 10.9 Å². The Balaban J connectivity index is 1.71. The van der Waals surface area contributed by atoms with E-state index in [4.69, 9.17) is 14.2 Å². The van der Waals surface area contributed by atoms with Gasteiger partial charge in [0.25, 0.3) is 5.91 Å². The molecule has 9 heteroatoms. The van der Waals surface area contributed by atoms with Crippen LogP contribution >= 0.6 is 0 Å². The summed E-state index contributed by atoms with van der Waals surface area (Å²) in [6.45, 7) is 8.37. The normalized spacial score (nSPS) is 14.6. The van der Waals surface area contributed by atoms with Gasteiger partial charge in [0, 0.05) is 19.0 Å². The molecule has 2 rings (SSSR count). The van der Waals surface area contributed by atoms with Gasteiger partial charge in [-0.1, -0.05) is 12.1 Å². The van der Waals surface area contributed by atoms with E-state index in [1.54, 1.807) is 23.1 Å². The van der Waals surface area contributed by atoms with Crippen LogP contribution in [0, 0.1) is 5.92 Å². The molecule has 0 radical (unpaired) electrons. The van der Waals surface area contributed by atoms with Crippen LogP contribution in [0.1, 0.15) is 40.5 Å². The smallest absolute Gasteiger partial charge is 0.410 e. The average molecular weight is 421 g/mol. The number of ether oxygens (including phenoxy) is 3. The molecule has 1 fully saturated rings. The van der Waals surface area contributed by atoms with Gasteiger partial charge in [0.1, 0.15) is 5.60 Å². The summed E-state index contributed by atoms with van der Waals surface area (Å²) < 4.78 is 16.2. The highest BCUT2D eigenvalue weighted by Crippen LogP contribution is 2.26. The van der Waals surface area contributed by atoms with Crippen molar-refractivity contribution in [2.24, 2.45) is 5.92 Å². The average Bonchev–Trinajstić information content (AvgIpc) is 2.70. The van der Waals surface area contributed by atoms with Crippen molar-refractivity contribution in [3.63, 3.8) is 0 Å². The molecule has 30 heavy (non-hydrogen) atoms. The van der Waals surface area contributed by atoms with Crippen LogP contribution < -0.4 is 20.3 Å². The Morgan fingerprint density at radius 3 is 2.20 bits per heavy atom. The van der Waals surface area contributed by atoms with E-state index in [1.807, 2.05) is 33.8 Å². The van der Waals surface area contributed by atoms with E-state index >= 15 is 0 Å². The second kappa shape index (κ2) is 10.7. The summed E-state index contributed by atoms with van der Waals surface area (Å²) >= 11 is 0. The SMILES string of the molecule is CCOc1ccccc1OCC(=O)NNC(=O)C1CCN(C(=O)OC(C)(C)C)CC1. The molecule has 0 spiro atoms. The maximum absolute atomic E-state index is 12.3. The summed E-state index contributed by atoms with van der Waals surface area (Å²) in [6, 6.07) is 7.05. The first-order valence-electron chi connectivity index (χ1n) is 10.1. The molecule has 1 aliphatic heterocycles. The Hall–Kier alpha value is -2.97. The number of rotatable bonds is 6. The Labute approximate surface area is 177 Å². The monoisotopic (exact) mass is 421 g/mol. The maximum atomic E-state index is 12.3. The lowest BCUT2D eigenvalue weighted by molar-refractivity contribution is -0.133. The molecular formula is C21H31N3O6. The summed E-state index contributed by atoms with van der Waals surface area (Å²) in [5.74, 6) is -0.0599. The molecule has 0 aromatic heterocycles. The van der Waals surface area contributed by atoms with E-state index in [0.29, 0.717) is 44.0 Å². The zero-order valence-electron chi connectivity index (χ0n) is 18.0. The molecule has 3 amide bonds. The molecule has 1 heterocycles. The molecule has 1 aromatic carbocycles. The molecule has 1 aliphatic rings. The van der Waals surface area contributed by atoms with Gasteiger partial charge in [-0.2, -0.15) is 0 Å². The summed E-state index contributed by atoms with van der Waals surface area (Å²) in [7, 11) is 0. The van der Waals surface area contributed by atoms with Crippen LogP contribution in [-0.4, -0.2) is 54.7 Å². The Bertz CT molecular complexity index is 739. The predicted molar refractivity (Wildman–Crippen MR) is 110 cm³/mol. The van der Waals surface area contributed by atoms with Gasteiger partial charge in [-0.25, -0.2) is 4.79 Å². The fourth-order valence-electron chi connectivity index (χ4n) is 2.91. The standard InChI is InChI=1S/C21H31N3O6/c1-5-28-16-8-6-7-9-17(16)29-14-18(25)22-23-19(26)15-10-12-24(13-11-15)20(27)30-21(2,3)4/h6-9,15H,5,10-14H2,1-4H3,(H,22,25)(H,23,26). The minimum Gasteiger partial charge on any atom is -0.490 e. The van der Waals surface area contributed by atoms with Gasteiger partial charge in [-0.15, -0.1) is 0 Å². The number of hydrazine groups is 1. The van der Waals surface area contributed by atoms with Crippen LogP contribution in [0.4, 0.5) is 4.79 Å². The van der Waals surface area contributed by atoms with Crippen LogP contribution in [0.3, 0.4) is 0 Å². The highest BCUT2D eigenvalue weighted by molar-refractivity contribution is 5.84. The Kier molecular flexibility index (Phi) is 8.32. The first-order chi connectivity index (χ1) is 14.2. The van der Waals surface area contributed by atoms with Gasteiger partial charge in [0.15, 0.2) is 18.1 Å². The first kappa shape index (κ1) is 23.3. The van der Waals surface area contributed by atoms with E-state index in [-0.39, 0.29) is 24.5 Å². The van der Waals surface area contributed by atoms with E-state index in [9.17, 15) is 14.4 Å². The van der Waals surface area contributed by atoms with Gasteiger partial charge in [-0.05, 0) is 52.7 Å². The van der Waals surface area contributed by atoms with Gasteiger partial charge in [0.2, 0.25) is 5.91 Å². The quantitative estimate of drug-likeness (QED) is 0.683. The van der Waals surface area contributed by atoms with Gasteiger partial charge >= 0.3 is 6.09 Å². The fourth-order valence-corrected chi connectivity index (χ4v) is 2.91. The minimum absolute atomic E-state index is 0.262. The van der Waals surface area contributed by atoms with Crippen molar-refractivity contribution < 1.29 is 28.6 Å². The molecule has 166 valence electrons. The van der Waals surface area contributed by atoms with Crippen LogP contribution in [-0.2, 0) is 14.3 Å². The number of para-hydroxylation sites is 2. The lowest BCUT2D eigenvalue weighted by Gasteiger charge is -2.32. The Morgan fingerprint density at radius 2 is 1.63 bits per heavy atom. The van der Waals surface area contributed by atoms with E-state index < -0.39 is 11.5 Å². The number of hydrogen-bond acceptors (Lipinski definition) is 6. The second-order valence-electron chi connectivity index (χ2n) is 7.95. The molecule has 9 nitrogen and oxygen atoms in total. The van der Waals surface area contributed by atoms with E-state index in [1.165, 1.54) is 0 Å². The number of likely N-dealkylation sites (tertiary alicyclic amines) is 1. The topological polar surface area (TPSA) is 106 Å². The van der Waals surface area contributed by atoms with Crippen molar-refractivity contribution in [1.29, 1.82) is 0 Å². The fraction of sp³-hybridized carbons (Fsp3) is 0.571. The molecule has 0 atom stereocenters. The number of piperidine rings is 1. The predicted octanol–water partition coefficient (Wildman–Crippen LogP) is 2.26. The molecule has 0 aliphatic carbocycles. The summed E-state index contributed by atoms with van der Waals surface area (Å²) in [6.07, 6.45) is 0.623. The summed E-state index contributed by atoms with van der Waals surface area (Å²) in [5.41, 5.74) is 4.23. The third-order valence-corrected chi connectivity index (χ3v) is 4.35. The number of carbonyl (C=O) groups is 3. The lowest BCUT2D eigenvalue weighted by atomic mass is 9.96. The van der Waals surface area contributed by atoms with Crippen molar-refractivity contribution in [2.75, 3.05) is 26.3 Å². The largest absolute Gasteiger partial charge is 0.490 e. The van der Waals surface area contributed by atoms with Crippen LogP contribution in [0.2, 0.25) is 0 Å². The van der Waals surface area contributed by atoms with Gasteiger partial charge < -0.3 is 19.1 Å². The number of nitrogens with zero attached hydrogens (tertiary/aromatic N) is 1. The number of carbonyl (C=O) groups excluding carboxylic acids is 3. The lowest BCUT2D eigenvalue weighted by Crippen LogP contribution is -2.49. The number of amides is 3.